The van der Waals surface area contributed by atoms with Crippen LogP contribution < -0.4 is 5.32 Å². The van der Waals surface area contributed by atoms with Crippen molar-refractivity contribution in [3.05, 3.63) is 70.8 Å². The van der Waals surface area contributed by atoms with Crippen LogP contribution in [0.15, 0.2) is 48.5 Å². The minimum absolute atomic E-state index is 0.128. The molecule has 0 aliphatic carbocycles. The van der Waals surface area contributed by atoms with Gasteiger partial charge in [-0.05, 0) is 35.2 Å². The SMILES string of the molecule is O=C(Cc1cccc(C(=O)O)c1)NCc1cccc(CN2CCCC2=O)c1. The van der Waals surface area contributed by atoms with E-state index in [1.165, 1.54) is 12.1 Å². The van der Waals surface area contributed by atoms with E-state index in [2.05, 4.69) is 5.32 Å². The Morgan fingerprint density at radius 3 is 2.52 bits per heavy atom. The van der Waals surface area contributed by atoms with E-state index in [1.54, 1.807) is 12.1 Å². The minimum atomic E-state index is -1.01. The highest BCUT2D eigenvalue weighted by Gasteiger charge is 2.19. The maximum Gasteiger partial charge on any atom is 0.335 e. The van der Waals surface area contributed by atoms with E-state index in [1.807, 2.05) is 29.2 Å². The molecule has 0 radical (unpaired) electrons. The molecule has 0 aromatic heterocycles. The standard InChI is InChI=1S/C21H22N2O4/c24-19(12-15-4-2-7-18(11-15)21(26)27)22-13-16-5-1-6-17(10-16)14-23-9-3-8-20(23)25/h1-2,4-7,10-11H,3,8-9,12-14H2,(H,22,24)(H,26,27). The number of nitrogens with zero attached hydrogens (tertiary/aromatic N) is 1. The number of benzene rings is 2. The van der Waals surface area contributed by atoms with E-state index < -0.39 is 5.97 Å². The molecule has 1 aliphatic heterocycles. The van der Waals surface area contributed by atoms with Gasteiger partial charge in [-0.2, -0.15) is 0 Å². The summed E-state index contributed by atoms with van der Waals surface area (Å²) in [6, 6.07) is 14.2. The molecule has 2 amide bonds. The zero-order valence-corrected chi connectivity index (χ0v) is 15.0. The Morgan fingerprint density at radius 2 is 1.78 bits per heavy atom. The summed E-state index contributed by atoms with van der Waals surface area (Å²) in [7, 11) is 0. The van der Waals surface area contributed by atoms with Crippen molar-refractivity contribution in [2.75, 3.05) is 6.54 Å². The molecule has 1 fully saturated rings. The van der Waals surface area contributed by atoms with Gasteiger partial charge in [0.1, 0.15) is 0 Å². The lowest BCUT2D eigenvalue weighted by molar-refractivity contribution is -0.128. The molecule has 1 saturated heterocycles. The molecule has 0 bridgehead atoms. The molecular weight excluding hydrogens is 344 g/mol. The predicted octanol–water partition coefficient (Wildman–Crippen LogP) is 2.37. The van der Waals surface area contributed by atoms with Gasteiger partial charge in [-0.15, -0.1) is 0 Å². The molecule has 2 N–H and O–H groups in total. The summed E-state index contributed by atoms with van der Waals surface area (Å²) < 4.78 is 0. The van der Waals surface area contributed by atoms with Gasteiger partial charge in [-0.1, -0.05) is 36.4 Å². The number of amides is 2. The van der Waals surface area contributed by atoms with Crippen LogP contribution in [0.3, 0.4) is 0 Å². The largest absolute Gasteiger partial charge is 0.478 e. The van der Waals surface area contributed by atoms with Crippen LogP contribution in [0.2, 0.25) is 0 Å². The van der Waals surface area contributed by atoms with E-state index in [0.717, 1.165) is 24.1 Å². The van der Waals surface area contributed by atoms with Crippen molar-refractivity contribution in [3.63, 3.8) is 0 Å². The molecular formula is C21H22N2O4. The van der Waals surface area contributed by atoms with Crippen LogP contribution in [-0.2, 0) is 29.1 Å². The molecule has 6 nitrogen and oxygen atoms in total. The minimum Gasteiger partial charge on any atom is -0.478 e. The molecule has 0 spiro atoms. The third-order valence-electron chi connectivity index (χ3n) is 4.56. The monoisotopic (exact) mass is 366 g/mol. The summed E-state index contributed by atoms with van der Waals surface area (Å²) in [4.78, 5) is 36.8. The number of carboxylic acid groups (broad SMARTS) is 1. The first kappa shape index (κ1) is 18.6. The maximum absolute atomic E-state index is 12.2. The molecule has 2 aromatic carbocycles. The number of carbonyl (C=O) groups is 3. The number of aromatic carboxylic acids is 1. The Balaban J connectivity index is 1.54. The Labute approximate surface area is 157 Å². The number of carboxylic acids is 1. The maximum atomic E-state index is 12.2. The van der Waals surface area contributed by atoms with Gasteiger partial charge in [0.05, 0.1) is 12.0 Å². The lowest BCUT2D eigenvalue weighted by Crippen LogP contribution is -2.25. The molecule has 3 rings (SSSR count). The van der Waals surface area contributed by atoms with Crippen LogP contribution in [0.4, 0.5) is 0 Å². The Hall–Kier alpha value is -3.15. The Morgan fingerprint density at radius 1 is 1.04 bits per heavy atom. The first-order valence-corrected chi connectivity index (χ1v) is 8.96. The van der Waals surface area contributed by atoms with Crippen LogP contribution >= 0.6 is 0 Å². The molecule has 2 aromatic rings. The van der Waals surface area contributed by atoms with E-state index in [-0.39, 0.29) is 23.8 Å². The lowest BCUT2D eigenvalue weighted by Gasteiger charge is -2.16. The smallest absolute Gasteiger partial charge is 0.335 e. The zero-order chi connectivity index (χ0) is 19.2. The average Bonchev–Trinajstić information content (AvgIpc) is 3.05. The fourth-order valence-electron chi connectivity index (χ4n) is 3.19. The zero-order valence-electron chi connectivity index (χ0n) is 15.0. The molecule has 1 aliphatic rings. The highest BCUT2D eigenvalue weighted by molar-refractivity contribution is 5.88. The van der Waals surface area contributed by atoms with Gasteiger partial charge in [0.25, 0.3) is 0 Å². The van der Waals surface area contributed by atoms with Crippen molar-refractivity contribution in [1.82, 2.24) is 10.2 Å². The summed E-state index contributed by atoms with van der Waals surface area (Å²) in [6.07, 6.45) is 1.67. The van der Waals surface area contributed by atoms with Crippen LogP contribution in [0, 0.1) is 0 Å². The second-order valence-corrected chi connectivity index (χ2v) is 6.70. The molecule has 140 valence electrons. The molecule has 6 heteroatoms. The first-order chi connectivity index (χ1) is 13.0. The third kappa shape index (κ3) is 5.17. The molecule has 0 unspecified atom stereocenters. The van der Waals surface area contributed by atoms with E-state index in [4.69, 9.17) is 5.11 Å². The number of hydrogen-bond donors (Lipinski definition) is 2. The highest BCUT2D eigenvalue weighted by Crippen LogP contribution is 2.15. The number of nitrogens with one attached hydrogen (secondary N) is 1. The summed E-state index contributed by atoms with van der Waals surface area (Å²) in [5.74, 6) is -0.986. The lowest BCUT2D eigenvalue weighted by atomic mass is 10.1. The van der Waals surface area contributed by atoms with Gasteiger partial charge in [0, 0.05) is 26.1 Å². The van der Waals surface area contributed by atoms with E-state index in [0.29, 0.717) is 25.1 Å². The van der Waals surface area contributed by atoms with Crippen molar-refractivity contribution in [2.45, 2.75) is 32.4 Å². The van der Waals surface area contributed by atoms with Crippen LogP contribution in [-0.4, -0.2) is 34.3 Å². The van der Waals surface area contributed by atoms with Gasteiger partial charge in [-0.3, -0.25) is 9.59 Å². The van der Waals surface area contributed by atoms with Crippen LogP contribution in [0.5, 0.6) is 0 Å². The van der Waals surface area contributed by atoms with Gasteiger partial charge >= 0.3 is 5.97 Å². The molecule has 0 saturated carbocycles. The van der Waals surface area contributed by atoms with Crippen molar-refractivity contribution in [3.8, 4) is 0 Å². The molecule has 0 atom stereocenters. The van der Waals surface area contributed by atoms with Crippen LogP contribution in [0.25, 0.3) is 0 Å². The van der Waals surface area contributed by atoms with Gasteiger partial charge in [0.2, 0.25) is 11.8 Å². The van der Waals surface area contributed by atoms with E-state index in [9.17, 15) is 14.4 Å². The summed E-state index contributed by atoms with van der Waals surface area (Å²) in [5, 5.41) is 11.9. The highest BCUT2D eigenvalue weighted by atomic mass is 16.4. The quantitative estimate of drug-likeness (QED) is 0.788. The normalized spacial score (nSPS) is 13.6. The second-order valence-electron chi connectivity index (χ2n) is 6.70. The van der Waals surface area contributed by atoms with Gasteiger partial charge in [0.15, 0.2) is 0 Å². The second kappa shape index (κ2) is 8.49. The van der Waals surface area contributed by atoms with E-state index >= 15 is 0 Å². The van der Waals surface area contributed by atoms with Crippen molar-refractivity contribution in [2.24, 2.45) is 0 Å². The number of hydrogen-bond acceptors (Lipinski definition) is 3. The average molecular weight is 366 g/mol. The fourth-order valence-corrected chi connectivity index (χ4v) is 3.19. The van der Waals surface area contributed by atoms with Crippen molar-refractivity contribution < 1.29 is 19.5 Å². The molecule has 1 heterocycles. The summed E-state index contributed by atoms with van der Waals surface area (Å²) in [5.41, 5.74) is 2.84. The fraction of sp³-hybridized carbons (Fsp3) is 0.286. The number of likely N-dealkylation sites (tertiary alicyclic amines) is 1. The van der Waals surface area contributed by atoms with Crippen molar-refractivity contribution in [1.29, 1.82) is 0 Å². The van der Waals surface area contributed by atoms with Gasteiger partial charge < -0.3 is 15.3 Å². The number of rotatable bonds is 7. The van der Waals surface area contributed by atoms with Crippen molar-refractivity contribution >= 4 is 17.8 Å². The van der Waals surface area contributed by atoms with Gasteiger partial charge in [-0.25, -0.2) is 4.79 Å². The Kier molecular flexibility index (Phi) is 5.86. The van der Waals surface area contributed by atoms with Crippen LogP contribution in [0.1, 0.15) is 39.9 Å². The summed E-state index contributed by atoms with van der Waals surface area (Å²) in [6.45, 7) is 1.79. The topological polar surface area (TPSA) is 86.7 Å². The third-order valence-corrected chi connectivity index (χ3v) is 4.56. The first-order valence-electron chi connectivity index (χ1n) is 8.96. The number of carbonyl (C=O) groups excluding carboxylic acids is 2. The predicted molar refractivity (Wildman–Crippen MR) is 100 cm³/mol. The molecule has 27 heavy (non-hydrogen) atoms. The Bertz CT molecular complexity index is 863. The summed E-state index contributed by atoms with van der Waals surface area (Å²) >= 11 is 0.